The van der Waals surface area contributed by atoms with Crippen LogP contribution in [0.3, 0.4) is 0 Å². The highest BCUT2D eigenvalue weighted by Crippen LogP contribution is 2.28. The standard InChI is InChI=1S/C20H23NO3S/c1-15(21-20(22)18-12-13-25(23,24)14-18)19(16-8-4-2-5-9-16)17-10-6-3-7-11-17/h2-11,15,18-19H,12-14H2,1H3,(H,21,22). The summed E-state index contributed by atoms with van der Waals surface area (Å²) in [5.74, 6) is -0.498. The molecule has 1 aliphatic rings. The van der Waals surface area contributed by atoms with Crippen LogP contribution in [0.4, 0.5) is 0 Å². The number of nitrogens with one attached hydrogen (secondary N) is 1. The third kappa shape index (κ3) is 4.28. The molecule has 2 atom stereocenters. The van der Waals surface area contributed by atoms with Gasteiger partial charge in [0, 0.05) is 12.0 Å². The lowest BCUT2D eigenvalue weighted by molar-refractivity contribution is -0.124. The molecule has 2 aromatic carbocycles. The van der Waals surface area contributed by atoms with Crippen LogP contribution in [0, 0.1) is 5.92 Å². The maximum atomic E-state index is 12.5. The summed E-state index contributed by atoms with van der Waals surface area (Å²) < 4.78 is 23.3. The molecule has 3 rings (SSSR count). The van der Waals surface area contributed by atoms with Crippen molar-refractivity contribution in [2.45, 2.75) is 25.3 Å². The first-order valence-electron chi connectivity index (χ1n) is 8.57. The zero-order chi connectivity index (χ0) is 17.9. The molecule has 1 heterocycles. The van der Waals surface area contributed by atoms with Gasteiger partial charge in [-0.15, -0.1) is 0 Å². The molecule has 5 heteroatoms. The first-order chi connectivity index (χ1) is 12.0. The van der Waals surface area contributed by atoms with Crippen LogP contribution < -0.4 is 5.32 Å². The number of sulfone groups is 1. The predicted octanol–water partition coefficient (Wildman–Crippen LogP) is 2.76. The first-order valence-corrected chi connectivity index (χ1v) is 10.4. The van der Waals surface area contributed by atoms with Gasteiger partial charge in [-0.2, -0.15) is 0 Å². The minimum absolute atomic E-state index is 0.0179. The van der Waals surface area contributed by atoms with E-state index in [0.29, 0.717) is 6.42 Å². The van der Waals surface area contributed by atoms with E-state index in [-0.39, 0.29) is 29.4 Å². The van der Waals surface area contributed by atoms with E-state index in [1.54, 1.807) is 0 Å². The lowest BCUT2D eigenvalue weighted by Gasteiger charge is -2.27. The Morgan fingerprint density at radius 2 is 1.52 bits per heavy atom. The van der Waals surface area contributed by atoms with Crippen LogP contribution >= 0.6 is 0 Å². The quantitative estimate of drug-likeness (QED) is 0.895. The van der Waals surface area contributed by atoms with Crippen molar-refractivity contribution in [2.24, 2.45) is 5.92 Å². The molecule has 0 aliphatic carbocycles. The topological polar surface area (TPSA) is 63.2 Å². The van der Waals surface area contributed by atoms with E-state index in [1.807, 2.05) is 43.3 Å². The van der Waals surface area contributed by atoms with E-state index >= 15 is 0 Å². The molecule has 0 radical (unpaired) electrons. The zero-order valence-electron chi connectivity index (χ0n) is 14.3. The van der Waals surface area contributed by atoms with E-state index in [9.17, 15) is 13.2 Å². The summed E-state index contributed by atoms with van der Waals surface area (Å²) in [5.41, 5.74) is 2.25. The predicted molar refractivity (Wildman–Crippen MR) is 99.1 cm³/mol. The van der Waals surface area contributed by atoms with Crippen molar-refractivity contribution in [1.82, 2.24) is 5.32 Å². The first kappa shape index (κ1) is 17.7. The smallest absolute Gasteiger partial charge is 0.224 e. The Morgan fingerprint density at radius 3 is 1.96 bits per heavy atom. The Bertz CT molecular complexity index is 779. The van der Waals surface area contributed by atoms with Crippen LogP contribution in [0.2, 0.25) is 0 Å². The minimum Gasteiger partial charge on any atom is -0.352 e. The number of rotatable bonds is 5. The zero-order valence-corrected chi connectivity index (χ0v) is 15.1. The number of carbonyl (C=O) groups excluding carboxylic acids is 1. The van der Waals surface area contributed by atoms with Crippen LogP contribution in [0.5, 0.6) is 0 Å². The van der Waals surface area contributed by atoms with Crippen LogP contribution in [0.15, 0.2) is 60.7 Å². The summed E-state index contributed by atoms with van der Waals surface area (Å²) in [6.45, 7) is 1.98. The molecule has 2 aromatic rings. The van der Waals surface area contributed by atoms with Crippen LogP contribution in [0.1, 0.15) is 30.4 Å². The molecule has 0 saturated carbocycles. The molecule has 2 unspecified atom stereocenters. The molecule has 1 N–H and O–H groups in total. The molecule has 0 spiro atoms. The largest absolute Gasteiger partial charge is 0.352 e. The third-order valence-electron chi connectivity index (χ3n) is 4.79. The fourth-order valence-electron chi connectivity index (χ4n) is 3.52. The molecular formula is C20H23NO3S. The summed E-state index contributed by atoms with van der Waals surface area (Å²) >= 11 is 0. The van der Waals surface area contributed by atoms with Crippen LogP contribution in [0.25, 0.3) is 0 Å². The van der Waals surface area contributed by atoms with Gasteiger partial charge >= 0.3 is 0 Å². The molecule has 0 aromatic heterocycles. The van der Waals surface area contributed by atoms with Gasteiger partial charge < -0.3 is 5.32 Å². The summed E-state index contributed by atoms with van der Waals surface area (Å²) in [6, 6.07) is 20.0. The Balaban J connectivity index is 1.80. The Morgan fingerprint density at radius 1 is 1.00 bits per heavy atom. The molecule has 1 fully saturated rings. The van der Waals surface area contributed by atoms with E-state index in [4.69, 9.17) is 0 Å². The van der Waals surface area contributed by atoms with E-state index in [1.165, 1.54) is 0 Å². The van der Waals surface area contributed by atoms with Gasteiger partial charge in [0.1, 0.15) is 0 Å². The Labute approximate surface area is 149 Å². The van der Waals surface area contributed by atoms with Gasteiger partial charge in [-0.1, -0.05) is 60.7 Å². The van der Waals surface area contributed by atoms with Gasteiger partial charge in [0.2, 0.25) is 5.91 Å². The molecule has 1 saturated heterocycles. The maximum absolute atomic E-state index is 12.5. The second-order valence-electron chi connectivity index (χ2n) is 6.70. The number of benzene rings is 2. The molecule has 25 heavy (non-hydrogen) atoms. The van der Waals surface area contributed by atoms with Crippen molar-refractivity contribution in [3.8, 4) is 0 Å². The van der Waals surface area contributed by atoms with E-state index in [2.05, 4.69) is 29.6 Å². The monoisotopic (exact) mass is 357 g/mol. The van der Waals surface area contributed by atoms with E-state index in [0.717, 1.165) is 11.1 Å². The van der Waals surface area contributed by atoms with Gasteiger partial charge in [-0.05, 0) is 24.5 Å². The van der Waals surface area contributed by atoms with Gasteiger partial charge in [-0.25, -0.2) is 8.42 Å². The highest BCUT2D eigenvalue weighted by Gasteiger charge is 2.34. The van der Waals surface area contributed by atoms with Gasteiger partial charge in [0.05, 0.1) is 17.4 Å². The summed E-state index contributed by atoms with van der Waals surface area (Å²) in [6.07, 6.45) is 0.419. The minimum atomic E-state index is -3.06. The molecule has 0 bridgehead atoms. The Hall–Kier alpha value is -2.14. The lowest BCUT2D eigenvalue weighted by Crippen LogP contribution is -2.41. The molecule has 1 amide bonds. The highest BCUT2D eigenvalue weighted by atomic mass is 32.2. The fraction of sp³-hybridized carbons (Fsp3) is 0.350. The fourth-order valence-corrected chi connectivity index (χ4v) is 5.26. The Kier molecular flexibility index (Phi) is 5.23. The van der Waals surface area contributed by atoms with Gasteiger partial charge in [0.15, 0.2) is 9.84 Å². The number of hydrogen-bond acceptors (Lipinski definition) is 3. The summed E-state index contributed by atoms with van der Waals surface area (Å²) in [7, 11) is -3.06. The molecular weight excluding hydrogens is 334 g/mol. The van der Waals surface area contributed by atoms with Crippen LogP contribution in [-0.4, -0.2) is 31.9 Å². The van der Waals surface area contributed by atoms with Crippen molar-refractivity contribution in [1.29, 1.82) is 0 Å². The summed E-state index contributed by atoms with van der Waals surface area (Å²) in [4.78, 5) is 12.5. The number of amides is 1. The average Bonchev–Trinajstić information content (AvgIpc) is 2.97. The molecule has 1 aliphatic heterocycles. The van der Waals surface area contributed by atoms with E-state index < -0.39 is 15.8 Å². The SMILES string of the molecule is CC(NC(=O)C1CCS(=O)(=O)C1)C(c1ccccc1)c1ccccc1. The van der Waals surface area contributed by atoms with Crippen LogP contribution in [-0.2, 0) is 14.6 Å². The lowest BCUT2D eigenvalue weighted by atomic mass is 9.85. The number of hydrogen-bond donors (Lipinski definition) is 1. The average molecular weight is 357 g/mol. The highest BCUT2D eigenvalue weighted by molar-refractivity contribution is 7.91. The maximum Gasteiger partial charge on any atom is 0.224 e. The summed E-state index contributed by atoms with van der Waals surface area (Å²) in [5, 5.41) is 3.05. The van der Waals surface area contributed by atoms with Crippen molar-refractivity contribution in [3.05, 3.63) is 71.8 Å². The van der Waals surface area contributed by atoms with Crippen molar-refractivity contribution >= 4 is 15.7 Å². The normalized spacial score (nSPS) is 20.3. The third-order valence-corrected chi connectivity index (χ3v) is 6.56. The second kappa shape index (κ2) is 7.40. The van der Waals surface area contributed by atoms with Gasteiger partial charge in [0.25, 0.3) is 0 Å². The number of carbonyl (C=O) groups is 1. The van der Waals surface area contributed by atoms with Crippen molar-refractivity contribution in [3.63, 3.8) is 0 Å². The molecule has 4 nitrogen and oxygen atoms in total. The van der Waals surface area contributed by atoms with Gasteiger partial charge in [-0.3, -0.25) is 4.79 Å². The van der Waals surface area contributed by atoms with Crippen molar-refractivity contribution < 1.29 is 13.2 Å². The second-order valence-corrected chi connectivity index (χ2v) is 8.92. The molecule has 132 valence electrons. The van der Waals surface area contributed by atoms with Crippen molar-refractivity contribution in [2.75, 3.05) is 11.5 Å².